The van der Waals surface area contributed by atoms with E-state index in [1.165, 1.54) is 5.41 Å². The zero-order chi connectivity index (χ0) is 13.9. The quantitative estimate of drug-likeness (QED) is 0.923. The molecule has 0 saturated heterocycles. The fourth-order valence-corrected chi connectivity index (χ4v) is 3.54. The van der Waals surface area contributed by atoms with Gasteiger partial charge in [-0.25, -0.2) is 8.42 Å². The molecule has 0 fully saturated rings. The Morgan fingerprint density at radius 3 is 2.84 bits per heavy atom. The van der Waals surface area contributed by atoms with Crippen molar-refractivity contribution >= 4 is 27.3 Å². The molecule has 102 valence electrons. The third-order valence-corrected chi connectivity index (χ3v) is 4.53. The van der Waals surface area contributed by atoms with E-state index in [0.717, 1.165) is 5.56 Å². The largest absolute Gasteiger partial charge is 0.352 e. The average Bonchev–Trinajstić information content (AvgIpc) is 2.66. The van der Waals surface area contributed by atoms with E-state index in [4.69, 9.17) is 11.6 Å². The Bertz CT molecular complexity index is 610. The minimum absolute atomic E-state index is 0.0254. The lowest BCUT2D eigenvalue weighted by Gasteiger charge is -2.08. The predicted octanol–water partition coefficient (Wildman–Crippen LogP) is 1.90. The van der Waals surface area contributed by atoms with Crippen LogP contribution in [0.15, 0.2) is 35.7 Å². The number of sulfone groups is 1. The minimum Gasteiger partial charge on any atom is -0.352 e. The van der Waals surface area contributed by atoms with Crippen LogP contribution >= 0.6 is 11.6 Å². The van der Waals surface area contributed by atoms with Crippen LogP contribution in [0, 0.1) is 5.92 Å². The van der Waals surface area contributed by atoms with E-state index in [1.807, 2.05) is 12.1 Å². The van der Waals surface area contributed by atoms with E-state index in [0.29, 0.717) is 11.6 Å². The summed E-state index contributed by atoms with van der Waals surface area (Å²) in [5, 5.41) is 4.56. The molecule has 1 amide bonds. The summed E-state index contributed by atoms with van der Waals surface area (Å²) in [7, 11) is -3.09. The molecule has 0 aromatic heterocycles. The van der Waals surface area contributed by atoms with Crippen molar-refractivity contribution < 1.29 is 13.2 Å². The first-order chi connectivity index (χ1) is 8.94. The zero-order valence-corrected chi connectivity index (χ0v) is 11.7. The second kappa shape index (κ2) is 5.75. The summed E-state index contributed by atoms with van der Waals surface area (Å²) in [5.74, 6) is -0.353. The molecule has 0 spiro atoms. The van der Waals surface area contributed by atoms with Crippen LogP contribution in [0.1, 0.15) is 12.0 Å². The molecule has 1 aliphatic heterocycles. The molecular formula is C13H14ClNO3S. The fraction of sp³-hybridized carbons (Fsp3) is 0.308. The van der Waals surface area contributed by atoms with Crippen LogP contribution in [-0.2, 0) is 21.2 Å². The van der Waals surface area contributed by atoms with Crippen LogP contribution in [0.4, 0.5) is 0 Å². The Morgan fingerprint density at radius 1 is 1.42 bits per heavy atom. The Morgan fingerprint density at radius 2 is 2.21 bits per heavy atom. The van der Waals surface area contributed by atoms with E-state index < -0.39 is 9.84 Å². The number of carbonyl (C=O) groups is 1. The van der Waals surface area contributed by atoms with Gasteiger partial charge in [-0.3, -0.25) is 4.79 Å². The van der Waals surface area contributed by atoms with Gasteiger partial charge in [-0.2, -0.15) is 0 Å². The van der Waals surface area contributed by atoms with Crippen LogP contribution in [0.3, 0.4) is 0 Å². The van der Waals surface area contributed by atoms with Crippen molar-refractivity contribution in [2.45, 2.75) is 13.0 Å². The van der Waals surface area contributed by atoms with Gasteiger partial charge >= 0.3 is 0 Å². The van der Waals surface area contributed by atoms with E-state index in [9.17, 15) is 13.2 Å². The Kier molecular flexibility index (Phi) is 4.27. The molecule has 1 N–H and O–H groups in total. The van der Waals surface area contributed by atoms with Gasteiger partial charge in [0.1, 0.15) is 0 Å². The second-order valence-electron chi connectivity index (χ2n) is 4.53. The standard InChI is InChI=1S/C13H14ClNO3S/c14-12-3-1-2-10(6-12)8-15-13(16)7-11-4-5-19(17,18)9-11/h1-6,11H,7-9H2,(H,15,16)/t11-/m1/s1. The molecule has 1 aromatic rings. The van der Waals surface area contributed by atoms with E-state index in [-0.39, 0.29) is 24.0 Å². The van der Waals surface area contributed by atoms with Crippen LogP contribution < -0.4 is 5.32 Å². The molecule has 1 aliphatic rings. The average molecular weight is 300 g/mol. The number of rotatable bonds is 4. The molecule has 1 atom stereocenters. The first-order valence-electron chi connectivity index (χ1n) is 5.87. The number of hydrogen-bond donors (Lipinski definition) is 1. The van der Waals surface area contributed by atoms with Gasteiger partial charge in [0.15, 0.2) is 9.84 Å². The molecule has 1 aromatic carbocycles. The monoisotopic (exact) mass is 299 g/mol. The summed E-state index contributed by atoms with van der Waals surface area (Å²) in [6.07, 6.45) is 1.77. The molecular weight excluding hydrogens is 286 g/mol. The summed E-state index contributed by atoms with van der Waals surface area (Å²) in [5.41, 5.74) is 0.912. The van der Waals surface area contributed by atoms with Gasteiger partial charge in [-0.05, 0) is 17.7 Å². The van der Waals surface area contributed by atoms with Crippen LogP contribution in [0.5, 0.6) is 0 Å². The van der Waals surface area contributed by atoms with Gasteiger partial charge in [0.25, 0.3) is 0 Å². The Hall–Kier alpha value is -1.33. The van der Waals surface area contributed by atoms with Gasteiger partial charge < -0.3 is 5.32 Å². The third kappa shape index (κ3) is 4.36. The van der Waals surface area contributed by atoms with Crippen molar-refractivity contribution in [1.29, 1.82) is 0 Å². The molecule has 0 radical (unpaired) electrons. The molecule has 0 aliphatic carbocycles. The zero-order valence-electron chi connectivity index (χ0n) is 10.2. The normalized spacial score (nSPS) is 20.4. The first kappa shape index (κ1) is 14.1. The molecule has 1 heterocycles. The second-order valence-corrected chi connectivity index (χ2v) is 6.90. The molecule has 2 rings (SSSR count). The highest BCUT2D eigenvalue weighted by Crippen LogP contribution is 2.18. The number of allylic oxidation sites excluding steroid dienone is 1. The lowest BCUT2D eigenvalue weighted by molar-refractivity contribution is -0.121. The lowest BCUT2D eigenvalue weighted by atomic mass is 10.1. The molecule has 4 nitrogen and oxygen atoms in total. The van der Waals surface area contributed by atoms with E-state index >= 15 is 0 Å². The third-order valence-electron chi connectivity index (χ3n) is 2.83. The fourth-order valence-electron chi connectivity index (χ4n) is 1.93. The van der Waals surface area contributed by atoms with Gasteiger partial charge in [-0.1, -0.05) is 29.8 Å². The summed E-state index contributed by atoms with van der Waals surface area (Å²) in [6.45, 7) is 0.391. The van der Waals surface area contributed by atoms with Gasteiger partial charge in [0.05, 0.1) is 5.75 Å². The van der Waals surface area contributed by atoms with Crippen LogP contribution in [-0.4, -0.2) is 20.1 Å². The van der Waals surface area contributed by atoms with Crippen molar-refractivity contribution in [1.82, 2.24) is 5.32 Å². The number of nitrogens with one attached hydrogen (secondary N) is 1. The molecule has 6 heteroatoms. The smallest absolute Gasteiger partial charge is 0.220 e. The molecule has 0 saturated carbocycles. The Balaban J connectivity index is 1.81. The lowest BCUT2D eigenvalue weighted by Crippen LogP contribution is -2.25. The topological polar surface area (TPSA) is 63.2 Å². The van der Waals surface area contributed by atoms with E-state index in [2.05, 4.69) is 5.32 Å². The van der Waals surface area contributed by atoms with Crippen LogP contribution in [0.25, 0.3) is 0 Å². The highest BCUT2D eigenvalue weighted by Gasteiger charge is 2.23. The summed E-state index contributed by atoms with van der Waals surface area (Å²) in [4.78, 5) is 11.7. The maximum absolute atomic E-state index is 11.7. The van der Waals surface area contributed by atoms with Crippen molar-refractivity contribution in [3.8, 4) is 0 Å². The SMILES string of the molecule is O=C(C[C@H]1C=CS(=O)(=O)C1)NCc1cccc(Cl)c1. The molecule has 19 heavy (non-hydrogen) atoms. The number of hydrogen-bond acceptors (Lipinski definition) is 3. The number of benzene rings is 1. The van der Waals surface area contributed by atoms with E-state index in [1.54, 1.807) is 18.2 Å². The number of amides is 1. The van der Waals surface area contributed by atoms with Gasteiger partial charge in [0.2, 0.25) is 5.91 Å². The summed E-state index contributed by atoms with van der Waals surface area (Å²) >= 11 is 5.84. The Labute approximate surface area is 117 Å². The minimum atomic E-state index is -3.09. The van der Waals surface area contributed by atoms with Gasteiger partial charge in [0, 0.05) is 29.3 Å². The highest BCUT2D eigenvalue weighted by molar-refractivity contribution is 7.94. The van der Waals surface area contributed by atoms with Gasteiger partial charge in [-0.15, -0.1) is 0 Å². The highest BCUT2D eigenvalue weighted by atomic mass is 35.5. The molecule has 0 unspecified atom stereocenters. The van der Waals surface area contributed by atoms with Crippen molar-refractivity contribution in [3.05, 3.63) is 46.3 Å². The maximum Gasteiger partial charge on any atom is 0.220 e. The number of halogens is 1. The van der Waals surface area contributed by atoms with Crippen molar-refractivity contribution in [2.75, 3.05) is 5.75 Å². The molecule has 0 bridgehead atoms. The van der Waals surface area contributed by atoms with Crippen molar-refractivity contribution in [3.63, 3.8) is 0 Å². The van der Waals surface area contributed by atoms with Crippen LogP contribution in [0.2, 0.25) is 5.02 Å². The number of carbonyl (C=O) groups excluding carboxylic acids is 1. The predicted molar refractivity (Wildman–Crippen MR) is 74.3 cm³/mol. The first-order valence-corrected chi connectivity index (χ1v) is 7.96. The summed E-state index contributed by atoms with van der Waals surface area (Å²) < 4.78 is 22.4. The summed E-state index contributed by atoms with van der Waals surface area (Å²) in [6, 6.07) is 7.23. The maximum atomic E-state index is 11.7. The van der Waals surface area contributed by atoms with Crippen molar-refractivity contribution in [2.24, 2.45) is 5.92 Å².